The molecule has 0 aliphatic heterocycles. The van der Waals surface area contributed by atoms with Gasteiger partial charge in [0.1, 0.15) is 5.70 Å². The van der Waals surface area contributed by atoms with Crippen LogP contribution in [-0.4, -0.2) is 6.41 Å². The molecule has 0 rings (SSSR count). The van der Waals surface area contributed by atoms with E-state index in [9.17, 15) is 4.79 Å². The number of amides is 1. The van der Waals surface area contributed by atoms with Crippen LogP contribution in [0, 0.1) is 0 Å². The monoisotopic (exact) mass is 142 g/mol. The molecule has 0 fully saturated rings. The largest absolute Gasteiger partial charge is 0.303 e. The zero-order valence-electron chi connectivity index (χ0n) is 6.92. The fourth-order valence-electron chi connectivity index (χ4n) is 0.357. The molecule has 0 bridgehead atoms. The Kier molecular flexibility index (Phi) is 13.0. The van der Waals surface area contributed by atoms with Gasteiger partial charge in [-0.3, -0.25) is 5.32 Å². The Morgan fingerprint density at radius 3 is 2.30 bits per heavy atom. The Morgan fingerprint density at radius 1 is 1.50 bits per heavy atom. The van der Waals surface area contributed by atoms with Gasteiger partial charge in [-0.25, -0.2) is 4.79 Å². The highest BCUT2D eigenvalue weighted by atomic mass is 16.1. The fraction of sp³-hybridized carbons (Fsp3) is 0.375. The van der Waals surface area contributed by atoms with E-state index in [1.807, 2.05) is 26.8 Å². The molecule has 0 saturated heterocycles. The van der Waals surface area contributed by atoms with Crippen LogP contribution in [0.4, 0.5) is 0 Å². The number of hydrogen-bond donors (Lipinski definition) is 1. The molecule has 10 heavy (non-hydrogen) atoms. The van der Waals surface area contributed by atoms with Crippen molar-refractivity contribution in [3.63, 3.8) is 0 Å². The number of rotatable bonds is 3. The molecule has 0 unspecified atom stereocenters. The van der Waals surface area contributed by atoms with Gasteiger partial charge < -0.3 is 0 Å². The molecule has 58 valence electrons. The minimum Gasteiger partial charge on any atom is -0.254 e. The molecule has 0 radical (unpaired) electrons. The van der Waals surface area contributed by atoms with Gasteiger partial charge >= 0.3 is 6.41 Å². The molecule has 0 heterocycles. The summed E-state index contributed by atoms with van der Waals surface area (Å²) in [5, 5.41) is 1.42. The fourth-order valence-corrected chi connectivity index (χ4v) is 0.357. The van der Waals surface area contributed by atoms with Gasteiger partial charge in [0, 0.05) is 0 Å². The summed E-state index contributed by atoms with van der Waals surface area (Å²) in [7, 11) is 0. The normalized spacial score (nSPS) is 8.30. The predicted octanol–water partition coefficient (Wildman–Crippen LogP) is 0.822. The van der Waals surface area contributed by atoms with Crippen LogP contribution >= 0.6 is 0 Å². The number of carbonyl (C=O) groups is 1. The van der Waals surface area contributed by atoms with Crippen LogP contribution in [0.3, 0.4) is 0 Å². The second-order valence-electron chi connectivity index (χ2n) is 1.38. The van der Waals surface area contributed by atoms with Crippen LogP contribution in [0.2, 0.25) is 0 Å². The van der Waals surface area contributed by atoms with E-state index in [2.05, 4.69) is 6.58 Å². The Hall–Kier alpha value is -0.890. The zero-order chi connectivity index (χ0) is 8.41. The minimum absolute atomic E-state index is 0.725. The number of primary amides is 1. The van der Waals surface area contributed by atoms with Crippen LogP contribution in [0.1, 0.15) is 20.8 Å². The second kappa shape index (κ2) is 11.0. The third-order valence-corrected chi connectivity index (χ3v) is 0.663. The molecule has 1 amide bonds. The van der Waals surface area contributed by atoms with E-state index >= 15 is 0 Å². The first kappa shape index (κ1) is 11.9. The van der Waals surface area contributed by atoms with Crippen molar-refractivity contribution in [2.45, 2.75) is 20.8 Å². The summed E-state index contributed by atoms with van der Waals surface area (Å²) in [6.07, 6.45) is 4.33. The van der Waals surface area contributed by atoms with Gasteiger partial charge in [-0.2, -0.15) is 0 Å². The summed E-state index contributed by atoms with van der Waals surface area (Å²) in [6, 6.07) is 0. The lowest BCUT2D eigenvalue weighted by atomic mass is 10.4. The molecule has 0 aromatic rings. The Balaban J connectivity index is 0. The van der Waals surface area contributed by atoms with E-state index < -0.39 is 0 Å². The van der Waals surface area contributed by atoms with Crippen LogP contribution in [0.5, 0.6) is 0 Å². The standard InChI is InChI=1S/C6H9NO.C2H6/c1-3-4-6(2)7-5-8;1-2/h3-5H,2H2,1H3,(H,7,8);1-2H3/p+1/b4-3-;. The molecule has 0 aromatic carbocycles. The summed E-state index contributed by atoms with van der Waals surface area (Å²) in [6.45, 7) is 9.44. The van der Waals surface area contributed by atoms with Crippen molar-refractivity contribution in [1.82, 2.24) is 0 Å². The minimum atomic E-state index is 0.725. The zero-order valence-corrected chi connectivity index (χ0v) is 6.92. The predicted molar refractivity (Wildman–Crippen MR) is 43.3 cm³/mol. The Morgan fingerprint density at radius 2 is 2.00 bits per heavy atom. The van der Waals surface area contributed by atoms with Gasteiger partial charge in [0.2, 0.25) is 0 Å². The summed E-state index contributed by atoms with van der Waals surface area (Å²) in [5.74, 6) is 0. The quantitative estimate of drug-likeness (QED) is 0.459. The average molecular weight is 142 g/mol. The number of nitrogens with two attached hydrogens (primary N) is 1. The first-order valence-corrected chi connectivity index (χ1v) is 3.41. The van der Waals surface area contributed by atoms with Crippen molar-refractivity contribution in [3.05, 3.63) is 24.4 Å². The van der Waals surface area contributed by atoms with Gasteiger partial charge in [0.05, 0.1) is 0 Å². The molecular formula is C8H16NO+. The second-order valence-corrected chi connectivity index (χ2v) is 1.38. The third kappa shape index (κ3) is 10.2. The smallest absolute Gasteiger partial charge is 0.254 e. The SMILES string of the molecule is C=C(/C=C\C)[NH2+]C=O.CC. The molecule has 2 heteroatoms. The van der Waals surface area contributed by atoms with Crippen molar-refractivity contribution in [1.29, 1.82) is 0 Å². The number of carbonyl (C=O) groups excluding carboxylic acids is 1. The Bertz CT molecular complexity index is 116. The van der Waals surface area contributed by atoms with Crippen LogP contribution in [0.15, 0.2) is 24.4 Å². The van der Waals surface area contributed by atoms with E-state index in [-0.39, 0.29) is 0 Å². The lowest BCUT2D eigenvalue weighted by Gasteiger charge is -1.83. The van der Waals surface area contributed by atoms with Crippen LogP contribution in [-0.2, 0) is 4.79 Å². The van der Waals surface area contributed by atoms with E-state index in [0.717, 1.165) is 12.1 Å². The molecule has 0 spiro atoms. The highest BCUT2D eigenvalue weighted by molar-refractivity contribution is 5.34. The molecule has 2 N–H and O–H groups in total. The molecule has 2 nitrogen and oxygen atoms in total. The highest BCUT2D eigenvalue weighted by Crippen LogP contribution is 1.74. The molecule has 0 aromatic heterocycles. The van der Waals surface area contributed by atoms with E-state index in [1.165, 1.54) is 5.32 Å². The van der Waals surface area contributed by atoms with E-state index in [1.54, 1.807) is 6.08 Å². The Labute approximate surface area is 62.6 Å². The van der Waals surface area contributed by atoms with Gasteiger partial charge in [-0.15, -0.1) is 0 Å². The molecule has 0 saturated carbocycles. The molecule has 0 aliphatic carbocycles. The van der Waals surface area contributed by atoms with Crippen molar-refractivity contribution in [2.75, 3.05) is 0 Å². The van der Waals surface area contributed by atoms with Crippen LogP contribution < -0.4 is 5.32 Å². The molecule has 0 aliphatic rings. The van der Waals surface area contributed by atoms with Crippen LogP contribution in [0.25, 0.3) is 0 Å². The summed E-state index contributed by atoms with van der Waals surface area (Å²) in [5.41, 5.74) is 0.738. The molecule has 0 atom stereocenters. The summed E-state index contributed by atoms with van der Waals surface area (Å²) in [4.78, 5) is 9.74. The number of allylic oxidation sites excluding steroid dienone is 2. The average Bonchev–Trinajstić information content (AvgIpc) is 1.93. The maximum atomic E-state index is 9.74. The molecular weight excluding hydrogens is 126 g/mol. The summed E-state index contributed by atoms with van der Waals surface area (Å²) >= 11 is 0. The summed E-state index contributed by atoms with van der Waals surface area (Å²) < 4.78 is 0. The topological polar surface area (TPSA) is 33.7 Å². The number of hydrogen-bond acceptors (Lipinski definition) is 1. The van der Waals surface area contributed by atoms with Gasteiger partial charge in [-0.05, 0) is 19.6 Å². The van der Waals surface area contributed by atoms with Gasteiger partial charge in [0.15, 0.2) is 0 Å². The van der Waals surface area contributed by atoms with E-state index in [4.69, 9.17) is 0 Å². The van der Waals surface area contributed by atoms with Gasteiger partial charge in [-0.1, -0.05) is 19.9 Å². The van der Waals surface area contributed by atoms with Gasteiger partial charge in [0.25, 0.3) is 0 Å². The maximum Gasteiger partial charge on any atom is 0.303 e. The lowest BCUT2D eigenvalue weighted by Crippen LogP contribution is -2.79. The van der Waals surface area contributed by atoms with Crippen molar-refractivity contribution in [3.8, 4) is 0 Å². The van der Waals surface area contributed by atoms with Crippen molar-refractivity contribution in [2.24, 2.45) is 0 Å². The van der Waals surface area contributed by atoms with Crippen molar-refractivity contribution >= 4 is 6.41 Å². The first-order valence-electron chi connectivity index (χ1n) is 3.41. The van der Waals surface area contributed by atoms with E-state index in [0.29, 0.717) is 0 Å². The number of quaternary nitrogens is 1. The third-order valence-electron chi connectivity index (χ3n) is 0.663. The lowest BCUT2D eigenvalue weighted by molar-refractivity contribution is -0.497. The maximum absolute atomic E-state index is 9.74. The first-order chi connectivity index (χ1) is 4.81. The highest BCUT2D eigenvalue weighted by Gasteiger charge is 1.84. The van der Waals surface area contributed by atoms with Crippen molar-refractivity contribution < 1.29 is 10.1 Å².